The van der Waals surface area contributed by atoms with Gasteiger partial charge in [0.05, 0.1) is 4.47 Å². The van der Waals surface area contributed by atoms with Crippen molar-refractivity contribution in [1.82, 2.24) is 15.4 Å². The van der Waals surface area contributed by atoms with Crippen LogP contribution in [0.2, 0.25) is 0 Å². The number of nitrogens with zero attached hydrogens (tertiary/aromatic N) is 2. The molecule has 2 aromatic rings. The van der Waals surface area contributed by atoms with Crippen molar-refractivity contribution in [1.29, 1.82) is 0 Å². The zero-order chi connectivity index (χ0) is 11.7. The Hall–Kier alpha value is -1.76. The number of aromatic amines is 1. The normalized spacial score (nSPS) is 10.4. The average Bonchev–Trinajstić information content (AvgIpc) is 2.70. The molecule has 0 saturated heterocycles. The van der Waals surface area contributed by atoms with Gasteiger partial charge in [-0.25, -0.2) is 4.39 Å². The summed E-state index contributed by atoms with van der Waals surface area (Å²) in [6.45, 7) is 0. The highest BCUT2D eigenvalue weighted by Crippen LogP contribution is 2.27. The van der Waals surface area contributed by atoms with Gasteiger partial charge in [0, 0.05) is 5.56 Å². The van der Waals surface area contributed by atoms with Crippen LogP contribution < -0.4 is 5.73 Å². The first-order valence-corrected chi connectivity index (χ1v) is 5.05. The van der Waals surface area contributed by atoms with Crippen molar-refractivity contribution < 1.29 is 9.18 Å². The standard InChI is InChI=1S/C9H6BrFN4O/c10-5-3-1-2-4(6(5)11)7-8(9(12)16)14-15-13-7/h1-3H,(H2,12,16)(H,13,14,15). The maximum Gasteiger partial charge on any atom is 0.271 e. The fraction of sp³-hybridized carbons (Fsp3) is 0. The number of nitrogens with one attached hydrogen (secondary N) is 1. The van der Waals surface area contributed by atoms with Crippen molar-refractivity contribution in [2.75, 3.05) is 0 Å². The summed E-state index contributed by atoms with van der Waals surface area (Å²) < 4.78 is 14.0. The lowest BCUT2D eigenvalue weighted by Gasteiger charge is -2.01. The van der Waals surface area contributed by atoms with Crippen LogP contribution in [-0.2, 0) is 0 Å². The lowest BCUT2D eigenvalue weighted by Crippen LogP contribution is -2.13. The van der Waals surface area contributed by atoms with E-state index in [1.807, 2.05) is 0 Å². The summed E-state index contributed by atoms with van der Waals surface area (Å²) in [4.78, 5) is 11.0. The zero-order valence-corrected chi connectivity index (χ0v) is 9.45. The summed E-state index contributed by atoms with van der Waals surface area (Å²) in [5.74, 6) is -1.28. The van der Waals surface area contributed by atoms with Crippen LogP contribution in [-0.4, -0.2) is 21.3 Å². The maximum atomic E-state index is 13.7. The molecule has 5 nitrogen and oxygen atoms in total. The van der Waals surface area contributed by atoms with Crippen molar-refractivity contribution in [3.63, 3.8) is 0 Å². The molecule has 0 spiro atoms. The summed E-state index contributed by atoms with van der Waals surface area (Å²) in [6.07, 6.45) is 0. The molecule has 0 aliphatic heterocycles. The molecule has 1 amide bonds. The van der Waals surface area contributed by atoms with Crippen LogP contribution in [0, 0.1) is 5.82 Å². The van der Waals surface area contributed by atoms with E-state index in [0.717, 1.165) is 0 Å². The zero-order valence-electron chi connectivity index (χ0n) is 7.87. The largest absolute Gasteiger partial charge is 0.364 e. The molecule has 1 heterocycles. The minimum atomic E-state index is -0.761. The third-order valence-electron chi connectivity index (χ3n) is 1.99. The number of aromatic nitrogens is 3. The van der Waals surface area contributed by atoms with Gasteiger partial charge >= 0.3 is 0 Å². The van der Waals surface area contributed by atoms with Crippen LogP contribution in [0.3, 0.4) is 0 Å². The van der Waals surface area contributed by atoms with Crippen LogP contribution in [0.1, 0.15) is 10.5 Å². The second-order valence-electron chi connectivity index (χ2n) is 2.99. The third kappa shape index (κ3) is 1.69. The monoisotopic (exact) mass is 284 g/mol. The summed E-state index contributed by atoms with van der Waals surface area (Å²) in [6, 6.07) is 4.66. The first-order chi connectivity index (χ1) is 7.61. The van der Waals surface area contributed by atoms with E-state index in [1.54, 1.807) is 12.1 Å². The number of carbonyl (C=O) groups excluding carboxylic acids is 1. The Kier molecular flexibility index (Phi) is 2.69. The predicted molar refractivity (Wildman–Crippen MR) is 58.0 cm³/mol. The molecule has 0 aliphatic rings. The molecule has 0 fully saturated rings. The van der Waals surface area contributed by atoms with Crippen molar-refractivity contribution >= 4 is 21.8 Å². The number of carbonyl (C=O) groups is 1. The predicted octanol–water partition coefficient (Wildman–Crippen LogP) is 1.47. The first-order valence-electron chi connectivity index (χ1n) is 4.26. The SMILES string of the molecule is NC(=O)c1n[nH]nc1-c1cccc(Br)c1F. The number of amides is 1. The van der Waals surface area contributed by atoms with Gasteiger partial charge in [-0.05, 0) is 28.1 Å². The van der Waals surface area contributed by atoms with Gasteiger partial charge in [0.25, 0.3) is 5.91 Å². The first kappa shape index (κ1) is 10.7. The molecule has 2 rings (SSSR count). The highest BCUT2D eigenvalue weighted by molar-refractivity contribution is 9.10. The molecule has 3 N–H and O–H groups in total. The molecule has 7 heteroatoms. The quantitative estimate of drug-likeness (QED) is 0.876. The van der Waals surface area contributed by atoms with Crippen molar-refractivity contribution in [2.24, 2.45) is 5.73 Å². The number of halogens is 2. The molecular formula is C9H6BrFN4O. The van der Waals surface area contributed by atoms with Gasteiger partial charge in [-0.15, -0.1) is 0 Å². The highest BCUT2D eigenvalue weighted by Gasteiger charge is 2.18. The molecule has 1 aromatic heterocycles. The minimum Gasteiger partial charge on any atom is -0.364 e. The Morgan fingerprint density at radius 3 is 2.88 bits per heavy atom. The van der Waals surface area contributed by atoms with Crippen LogP contribution in [0.4, 0.5) is 4.39 Å². The number of primary amides is 1. The number of nitrogens with two attached hydrogens (primary N) is 1. The van der Waals surface area contributed by atoms with E-state index < -0.39 is 11.7 Å². The van der Waals surface area contributed by atoms with Crippen molar-refractivity contribution in [3.8, 4) is 11.3 Å². The van der Waals surface area contributed by atoms with Crippen molar-refractivity contribution in [2.45, 2.75) is 0 Å². The van der Waals surface area contributed by atoms with Crippen LogP contribution >= 0.6 is 15.9 Å². The summed E-state index contributed by atoms with van der Waals surface area (Å²) in [5.41, 5.74) is 5.27. The van der Waals surface area contributed by atoms with Crippen LogP contribution in [0.15, 0.2) is 22.7 Å². The van der Waals surface area contributed by atoms with E-state index in [1.165, 1.54) is 6.07 Å². The number of hydrogen-bond acceptors (Lipinski definition) is 3. The van der Waals surface area contributed by atoms with Gasteiger partial charge in [0.1, 0.15) is 11.5 Å². The Morgan fingerprint density at radius 2 is 2.19 bits per heavy atom. The fourth-order valence-electron chi connectivity index (χ4n) is 1.28. The van der Waals surface area contributed by atoms with E-state index in [4.69, 9.17) is 5.73 Å². The van der Waals surface area contributed by atoms with Gasteiger partial charge in [-0.1, -0.05) is 6.07 Å². The van der Waals surface area contributed by atoms with Crippen LogP contribution in [0.25, 0.3) is 11.3 Å². The van der Waals surface area contributed by atoms with E-state index >= 15 is 0 Å². The Bertz CT molecular complexity index is 554. The van der Waals surface area contributed by atoms with Crippen LogP contribution in [0.5, 0.6) is 0 Å². The van der Waals surface area contributed by atoms with Gasteiger partial charge in [-0.2, -0.15) is 15.4 Å². The second-order valence-corrected chi connectivity index (χ2v) is 3.84. The molecule has 1 aromatic carbocycles. The Morgan fingerprint density at radius 1 is 1.44 bits per heavy atom. The summed E-state index contributed by atoms with van der Waals surface area (Å²) >= 11 is 3.04. The van der Waals surface area contributed by atoms with Gasteiger partial charge < -0.3 is 5.73 Å². The summed E-state index contributed by atoms with van der Waals surface area (Å²) in [5, 5.41) is 9.52. The Labute approximate surface area is 98.0 Å². The molecule has 82 valence electrons. The number of hydrogen-bond donors (Lipinski definition) is 2. The number of H-pyrrole nitrogens is 1. The molecule has 0 aliphatic carbocycles. The molecule has 16 heavy (non-hydrogen) atoms. The molecule has 0 saturated carbocycles. The van der Waals surface area contributed by atoms with Gasteiger partial charge in [0.2, 0.25) is 0 Å². The fourth-order valence-corrected chi connectivity index (χ4v) is 1.64. The maximum absolute atomic E-state index is 13.7. The molecule has 0 radical (unpaired) electrons. The van der Waals surface area contributed by atoms with Gasteiger partial charge in [-0.3, -0.25) is 4.79 Å². The average molecular weight is 285 g/mol. The molecular weight excluding hydrogens is 279 g/mol. The van der Waals surface area contributed by atoms with E-state index in [9.17, 15) is 9.18 Å². The second kappa shape index (κ2) is 4.01. The Balaban J connectivity index is 2.63. The summed E-state index contributed by atoms with van der Waals surface area (Å²) in [7, 11) is 0. The molecule has 0 bridgehead atoms. The van der Waals surface area contributed by atoms with E-state index in [-0.39, 0.29) is 21.4 Å². The highest BCUT2D eigenvalue weighted by atomic mass is 79.9. The number of rotatable bonds is 2. The van der Waals surface area contributed by atoms with E-state index in [0.29, 0.717) is 0 Å². The third-order valence-corrected chi connectivity index (χ3v) is 2.60. The number of benzene rings is 1. The molecule has 0 atom stereocenters. The van der Waals surface area contributed by atoms with Crippen molar-refractivity contribution in [3.05, 3.63) is 34.2 Å². The van der Waals surface area contributed by atoms with Gasteiger partial charge in [0.15, 0.2) is 5.69 Å². The smallest absolute Gasteiger partial charge is 0.271 e. The lowest BCUT2D eigenvalue weighted by atomic mass is 10.1. The molecule has 0 unspecified atom stereocenters. The topological polar surface area (TPSA) is 84.7 Å². The van der Waals surface area contributed by atoms with E-state index in [2.05, 4.69) is 31.3 Å². The minimum absolute atomic E-state index is 0.0861. The lowest BCUT2D eigenvalue weighted by molar-refractivity contribution is 0.0996.